The van der Waals surface area contributed by atoms with Gasteiger partial charge in [-0.05, 0) is 26.0 Å². The number of anilines is 1. The number of benzene rings is 1. The van der Waals surface area contributed by atoms with Gasteiger partial charge in [-0.3, -0.25) is 5.32 Å². The minimum atomic E-state index is -4.43. The van der Waals surface area contributed by atoms with E-state index in [4.69, 9.17) is 5.11 Å². The van der Waals surface area contributed by atoms with Gasteiger partial charge in [0.05, 0.1) is 17.0 Å². The maximum atomic E-state index is 12.2. The molecule has 11 heteroatoms. The second kappa shape index (κ2) is 6.73. The Kier molecular flexibility index (Phi) is 4.88. The monoisotopic (exact) mass is 366 g/mol. The second-order valence-corrected chi connectivity index (χ2v) is 6.58. The summed E-state index contributed by atoms with van der Waals surface area (Å²) >= 11 is 0. The number of nitrogens with one attached hydrogen (secondary N) is 2. The number of aryl methyl sites for hydroxylation is 2. The second-order valence-electron chi connectivity index (χ2n) is 4.93. The third-order valence-electron chi connectivity index (χ3n) is 3.09. The van der Waals surface area contributed by atoms with Crippen molar-refractivity contribution in [3.05, 3.63) is 41.2 Å². The van der Waals surface area contributed by atoms with E-state index in [1.807, 2.05) is 0 Å². The fraction of sp³-hybridized carbons (Fsp3) is 0.143. The molecule has 1 aromatic carbocycles. The Balaban J connectivity index is 2.24. The topological polar surface area (TPSA) is 159 Å². The molecule has 0 aliphatic rings. The predicted octanol–water partition coefficient (Wildman–Crippen LogP) is 1.01. The molecular formula is C14H14N4O6S. The smallest absolute Gasteiger partial charge is 0.337 e. The number of carboxylic acid groups (broad SMARTS) is 1. The molecule has 10 nitrogen and oxygen atoms in total. The quantitative estimate of drug-likeness (QED) is 0.624. The average Bonchev–Trinajstić information content (AvgIpc) is 2.51. The van der Waals surface area contributed by atoms with E-state index in [2.05, 4.69) is 15.3 Å². The lowest BCUT2D eigenvalue weighted by molar-refractivity contribution is 0.0692. The molecule has 0 fully saturated rings. The van der Waals surface area contributed by atoms with Crippen molar-refractivity contribution in [2.24, 2.45) is 0 Å². The predicted molar refractivity (Wildman–Crippen MR) is 85.9 cm³/mol. The van der Waals surface area contributed by atoms with Crippen molar-refractivity contribution in [1.82, 2.24) is 14.7 Å². The van der Waals surface area contributed by atoms with E-state index in [1.54, 1.807) is 4.72 Å². The maximum absolute atomic E-state index is 12.2. The minimum absolute atomic E-state index is 0.144. The van der Waals surface area contributed by atoms with Crippen LogP contribution >= 0.6 is 0 Å². The summed E-state index contributed by atoms with van der Waals surface area (Å²) in [6.07, 6.45) is 0. The molecule has 0 saturated heterocycles. The van der Waals surface area contributed by atoms with Crippen LogP contribution in [0.3, 0.4) is 0 Å². The van der Waals surface area contributed by atoms with Gasteiger partial charge in [0, 0.05) is 0 Å². The highest BCUT2D eigenvalue weighted by atomic mass is 32.2. The van der Waals surface area contributed by atoms with E-state index in [0.29, 0.717) is 0 Å². The highest BCUT2D eigenvalue weighted by Crippen LogP contribution is 2.19. The highest BCUT2D eigenvalue weighted by Gasteiger charge is 2.24. The number of sulfonamides is 1. The van der Waals surface area contributed by atoms with E-state index in [0.717, 1.165) is 12.1 Å². The van der Waals surface area contributed by atoms with Gasteiger partial charge in [-0.2, -0.15) is 0 Å². The summed E-state index contributed by atoms with van der Waals surface area (Å²) in [5.41, 5.74) is -0.0841. The Morgan fingerprint density at radius 2 is 1.64 bits per heavy atom. The molecule has 0 aliphatic heterocycles. The number of hydrogen-bond acceptors (Lipinski definition) is 7. The summed E-state index contributed by atoms with van der Waals surface area (Å²) in [4.78, 5) is 30.1. The van der Waals surface area contributed by atoms with E-state index in [1.165, 1.54) is 26.0 Å². The zero-order valence-electron chi connectivity index (χ0n) is 13.1. The summed E-state index contributed by atoms with van der Waals surface area (Å²) < 4.78 is 26.1. The fourth-order valence-electron chi connectivity index (χ4n) is 1.95. The van der Waals surface area contributed by atoms with Crippen molar-refractivity contribution < 1.29 is 28.2 Å². The van der Waals surface area contributed by atoms with Crippen molar-refractivity contribution in [3.8, 4) is 5.75 Å². The Morgan fingerprint density at radius 3 is 2.20 bits per heavy atom. The highest BCUT2D eigenvalue weighted by molar-refractivity contribution is 7.90. The Labute approximate surface area is 142 Å². The molecule has 0 radical (unpaired) electrons. The molecule has 0 spiro atoms. The average molecular weight is 366 g/mol. The summed E-state index contributed by atoms with van der Waals surface area (Å²) in [5.74, 6) is -1.81. The first-order valence-electron chi connectivity index (χ1n) is 6.82. The molecule has 4 N–H and O–H groups in total. The first kappa shape index (κ1) is 18.1. The molecule has 2 rings (SSSR count). The van der Waals surface area contributed by atoms with E-state index >= 15 is 0 Å². The third kappa shape index (κ3) is 4.01. The van der Waals surface area contributed by atoms with Crippen LogP contribution in [0.15, 0.2) is 29.2 Å². The van der Waals surface area contributed by atoms with Crippen LogP contribution in [-0.2, 0) is 10.0 Å². The SMILES string of the molecule is Cc1nc(NC(=O)NS(=O)(=O)c2ccccc2C(=O)O)nc(C)c1O. The van der Waals surface area contributed by atoms with Crippen LogP contribution in [0.25, 0.3) is 0 Å². The molecule has 0 aliphatic carbocycles. The minimum Gasteiger partial charge on any atom is -0.504 e. The third-order valence-corrected chi connectivity index (χ3v) is 4.48. The number of rotatable bonds is 4. The van der Waals surface area contributed by atoms with Crippen molar-refractivity contribution >= 4 is 28.0 Å². The van der Waals surface area contributed by atoms with Gasteiger partial charge in [0.2, 0.25) is 5.95 Å². The number of nitrogens with zero attached hydrogens (tertiary/aromatic N) is 2. The van der Waals surface area contributed by atoms with Gasteiger partial charge in [0.25, 0.3) is 10.0 Å². The summed E-state index contributed by atoms with van der Waals surface area (Å²) in [5, 5.41) is 20.7. The maximum Gasteiger partial charge on any atom is 0.337 e. The van der Waals surface area contributed by atoms with Gasteiger partial charge in [0.1, 0.15) is 4.90 Å². The molecule has 1 heterocycles. The Morgan fingerprint density at radius 1 is 1.08 bits per heavy atom. The van der Waals surface area contributed by atoms with Crippen molar-refractivity contribution in [2.75, 3.05) is 5.32 Å². The number of urea groups is 1. The van der Waals surface area contributed by atoms with Crippen LogP contribution < -0.4 is 10.0 Å². The molecule has 0 unspecified atom stereocenters. The standard InChI is InChI=1S/C14H14N4O6S/c1-7-11(19)8(2)16-13(15-7)17-14(22)18-25(23,24)10-6-4-3-5-9(10)12(20)21/h3-6,19H,1-2H3,(H,20,21)(H2,15,16,17,18,22). The lowest BCUT2D eigenvalue weighted by Crippen LogP contribution is -2.35. The summed E-state index contributed by atoms with van der Waals surface area (Å²) in [7, 11) is -4.43. The summed E-state index contributed by atoms with van der Waals surface area (Å²) in [6, 6.07) is 3.67. The normalized spacial score (nSPS) is 11.0. The van der Waals surface area contributed by atoms with Gasteiger partial charge in [-0.25, -0.2) is 32.7 Å². The van der Waals surface area contributed by atoms with Crippen molar-refractivity contribution in [1.29, 1.82) is 0 Å². The molecule has 132 valence electrons. The number of aromatic nitrogens is 2. The number of aromatic carboxylic acids is 1. The zero-order valence-corrected chi connectivity index (χ0v) is 14.0. The van der Waals surface area contributed by atoms with Crippen molar-refractivity contribution in [2.45, 2.75) is 18.7 Å². The van der Waals surface area contributed by atoms with Crippen LogP contribution in [0.1, 0.15) is 21.7 Å². The van der Waals surface area contributed by atoms with Crippen molar-refractivity contribution in [3.63, 3.8) is 0 Å². The van der Waals surface area contributed by atoms with Crippen LogP contribution in [-0.4, -0.2) is 40.6 Å². The zero-order chi connectivity index (χ0) is 18.8. The van der Waals surface area contributed by atoms with Crippen LogP contribution in [0.4, 0.5) is 10.7 Å². The largest absolute Gasteiger partial charge is 0.504 e. The molecule has 2 amide bonds. The molecule has 25 heavy (non-hydrogen) atoms. The molecular weight excluding hydrogens is 352 g/mol. The van der Waals surface area contributed by atoms with E-state index in [9.17, 15) is 23.1 Å². The summed E-state index contributed by atoms with van der Waals surface area (Å²) in [6.45, 7) is 2.96. The number of carbonyl (C=O) groups excluding carboxylic acids is 1. The number of aromatic hydroxyl groups is 1. The number of hydrogen-bond donors (Lipinski definition) is 4. The fourth-order valence-corrected chi connectivity index (χ4v) is 3.06. The Hall–Kier alpha value is -3.21. The van der Waals surface area contributed by atoms with Crippen LogP contribution in [0.2, 0.25) is 0 Å². The van der Waals surface area contributed by atoms with E-state index in [-0.39, 0.29) is 23.1 Å². The Bertz CT molecular complexity index is 935. The van der Waals surface area contributed by atoms with Gasteiger partial charge in [0.15, 0.2) is 5.75 Å². The number of amides is 2. The van der Waals surface area contributed by atoms with Gasteiger partial charge in [-0.15, -0.1) is 0 Å². The van der Waals surface area contributed by atoms with E-state index < -0.39 is 32.5 Å². The lowest BCUT2D eigenvalue weighted by atomic mass is 10.2. The first-order valence-corrected chi connectivity index (χ1v) is 8.30. The van der Waals surface area contributed by atoms with Gasteiger partial charge in [-0.1, -0.05) is 12.1 Å². The lowest BCUT2D eigenvalue weighted by Gasteiger charge is -2.10. The molecule has 1 aromatic heterocycles. The van der Waals surface area contributed by atoms with Gasteiger partial charge < -0.3 is 10.2 Å². The molecule has 0 atom stereocenters. The molecule has 0 saturated carbocycles. The number of carbonyl (C=O) groups is 2. The van der Waals surface area contributed by atoms with Crippen LogP contribution in [0.5, 0.6) is 5.75 Å². The molecule has 2 aromatic rings. The van der Waals surface area contributed by atoms with Gasteiger partial charge >= 0.3 is 12.0 Å². The molecule has 0 bridgehead atoms. The van der Waals surface area contributed by atoms with Crippen LogP contribution in [0, 0.1) is 13.8 Å². The number of carboxylic acids is 1. The first-order chi connectivity index (χ1) is 11.6.